The first-order valence-electron chi connectivity index (χ1n) is 14.7. The fourth-order valence-corrected chi connectivity index (χ4v) is 7.44. The first kappa shape index (κ1) is 36.0. The summed E-state index contributed by atoms with van der Waals surface area (Å²) in [7, 11) is -3.23. The zero-order valence-electron chi connectivity index (χ0n) is 25.8. The van der Waals surface area contributed by atoms with Crippen molar-refractivity contribution in [2.24, 2.45) is 0 Å². The minimum Gasteiger partial charge on any atom is -0.469 e. The number of esters is 1. The van der Waals surface area contributed by atoms with Gasteiger partial charge in [0.1, 0.15) is 0 Å². The molecule has 2 atom stereocenters. The molecule has 0 radical (unpaired) electrons. The second kappa shape index (κ2) is 19.1. The van der Waals surface area contributed by atoms with E-state index in [4.69, 9.17) is 18.0 Å². The summed E-state index contributed by atoms with van der Waals surface area (Å²) in [6, 6.07) is 0. The van der Waals surface area contributed by atoms with E-state index in [1.807, 2.05) is 0 Å². The first-order valence-corrected chi connectivity index (χ1v) is 24.9. The molecule has 36 heavy (non-hydrogen) atoms. The van der Waals surface area contributed by atoms with Crippen LogP contribution in [0.5, 0.6) is 0 Å². The maximum atomic E-state index is 11.3. The fraction of sp³-hybridized carbons (Fsp3) is 0.964. The van der Waals surface area contributed by atoms with Crippen LogP contribution in [0.1, 0.15) is 89.9 Å². The molecule has 0 aromatic carbocycles. The van der Waals surface area contributed by atoms with E-state index >= 15 is 0 Å². The summed E-state index contributed by atoms with van der Waals surface area (Å²) in [5, 5.41) is 0. The van der Waals surface area contributed by atoms with Crippen molar-refractivity contribution in [2.75, 3.05) is 13.7 Å². The zero-order valence-corrected chi connectivity index (χ0v) is 28.8. The molecule has 0 saturated heterocycles. The molecule has 0 N–H and O–H groups in total. The predicted octanol–water partition coefficient (Wildman–Crippen LogP) is 8.91. The molecule has 0 rings (SSSR count). The van der Waals surface area contributed by atoms with Gasteiger partial charge in [-0.1, -0.05) is 57.8 Å². The van der Waals surface area contributed by atoms with Crippen LogP contribution < -0.4 is 0 Å². The Kier molecular flexibility index (Phi) is 19.1. The number of hydrogen-bond acceptors (Lipinski definition) is 5. The molecule has 0 fully saturated rings. The van der Waals surface area contributed by atoms with Crippen LogP contribution in [0.2, 0.25) is 58.9 Å². The second-order valence-corrected chi connectivity index (χ2v) is 26.7. The molecule has 0 saturated carbocycles. The van der Waals surface area contributed by atoms with Crippen molar-refractivity contribution in [2.45, 2.75) is 161 Å². The molecule has 0 aliphatic carbocycles. The van der Waals surface area contributed by atoms with Crippen molar-refractivity contribution in [1.29, 1.82) is 0 Å². The number of carbonyl (C=O) groups excluding carboxylic acids is 1. The number of carbonyl (C=O) groups is 1. The van der Waals surface area contributed by atoms with Crippen LogP contribution in [-0.2, 0) is 22.8 Å². The van der Waals surface area contributed by atoms with Crippen LogP contribution in [0.3, 0.4) is 0 Å². The molecule has 5 nitrogen and oxygen atoms in total. The third kappa shape index (κ3) is 24.3. The Bertz CT molecular complexity index is 553. The molecule has 0 heterocycles. The minimum atomic E-state index is -1.67. The highest BCUT2D eigenvalue weighted by Crippen LogP contribution is 2.25. The van der Waals surface area contributed by atoms with Crippen LogP contribution in [0.4, 0.5) is 0 Å². The molecule has 0 aliphatic heterocycles. The van der Waals surface area contributed by atoms with Crippen molar-refractivity contribution in [3.8, 4) is 0 Å². The van der Waals surface area contributed by atoms with Gasteiger partial charge in [0, 0.05) is 13.0 Å². The Morgan fingerprint density at radius 2 is 0.944 bits per heavy atom. The lowest BCUT2D eigenvalue weighted by Crippen LogP contribution is -2.44. The van der Waals surface area contributed by atoms with Crippen molar-refractivity contribution >= 4 is 30.9 Å². The molecule has 0 spiro atoms. The average molecular weight is 563 g/mol. The van der Waals surface area contributed by atoms with E-state index in [2.05, 4.69) is 58.9 Å². The molecule has 0 unspecified atom stereocenters. The summed E-state index contributed by atoms with van der Waals surface area (Å²) in [6.07, 6.45) is 16.3. The van der Waals surface area contributed by atoms with Gasteiger partial charge in [0.15, 0.2) is 25.0 Å². The van der Waals surface area contributed by atoms with Gasteiger partial charge in [0.25, 0.3) is 0 Å². The van der Waals surface area contributed by atoms with Gasteiger partial charge in [-0.3, -0.25) is 4.79 Å². The highest BCUT2D eigenvalue weighted by Gasteiger charge is 2.31. The summed E-state index contributed by atoms with van der Waals surface area (Å²) in [5.41, 5.74) is 0. The fourth-order valence-electron chi connectivity index (χ4n) is 4.33. The van der Waals surface area contributed by atoms with Crippen LogP contribution in [0, 0.1) is 0 Å². The lowest BCUT2D eigenvalue weighted by molar-refractivity contribution is -0.140. The van der Waals surface area contributed by atoms with Gasteiger partial charge in [-0.05, 0) is 84.6 Å². The standard InChI is InChI=1S/C28H62O5Si3/c1-30-28(29)24-20-16-13-15-19-23-27(33-36(8,9)10)26(32-35(5,6)7)22-18-14-11-12-17-21-25-31-34(2,3)4/h26-27H,11-25H2,1-10H3/t26-,27-/m1/s1. The van der Waals surface area contributed by atoms with Crippen molar-refractivity contribution in [3.63, 3.8) is 0 Å². The normalized spacial score (nSPS) is 14.6. The molecule has 0 bridgehead atoms. The van der Waals surface area contributed by atoms with Crippen LogP contribution in [-0.4, -0.2) is 56.8 Å². The third-order valence-electron chi connectivity index (χ3n) is 5.94. The summed E-state index contributed by atoms with van der Waals surface area (Å²) in [4.78, 5) is 11.3. The number of ether oxygens (including phenoxy) is 1. The molecule has 8 heteroatoms. The molecule has 216 valence electrons. The van der Waals surface area contributed by atoms with E-state index in [0.29, 0.717) is 6.42 Å². The van der Waals surface area contributed by atoms with E-state index in [1.54, 1.807) is 0 Å². The van der Waals surface area contributed by atoms with Crippen LogP contribution in [0.25, 0.3) is 0 Å². The maximum absolute atomic E-state index is 11.3. The number of rotatable bonds is 23. The van der Waals surface area contributed by atoms with Gasteiger partial charge in [0.2, 0.25) is 0 Å². The predicted molar refractivity (Wildman–Crippen MR) is 162 cm³/mol. The molecule has 0 aromatic rings. The van der Waals surface area contributed by atoms with E-state index < -0.39 is 25.0 Å². The van der Waals surface area contributed by atoms with Crippen molar-refractivity contribution in [1.82, 2.24) is 0 Å². The first-order chi connectivity index (χ1) is 16.6. The second-order valence-electron chi connectivity index (χ2n) is 13.3. The average Bonchev–Trinajstić information content (AvgIpc) is 2.73. The van der Waals surface area contributed by atoms with E-state index in [0.717, 1.165) is 32.3 Å². The Morgan fingerprint density at radius 1 is 0.556 bits per heavy atom. The summed E-state index contributed by atoms with van der Waals surface area (Å²) >= 11 is 0. The zero-order chi connectivity index (χ0) is 27.7. The summed E-state index contributed by atoms with van der Waals surface area (Å²) < 4.78 is 24.2. The van der Waals surface area contributed by atoms with Gasteiger partial charge >= 0.3 is 5.97 Å². The van der Waals surface area contributed by atoms with Crippen LogP contribution >= 0.6 is 0 Å². The molecule has 0 amide bonds. The molecule has 0 aromatic heterocycles. The largest absolute Gasteiger partial charge is 0.469 e. The molecule has 0 aliphatic rings. The van der Waals surface area contributed by atoms with Crippen molar-refractivity contribution in [3.05, 3.63) is 0 Å². The van der Waals surface area contributed by atoms with Gasteiger partial charge < -0.3 is 18.0 Å². The lowest BCUT2D eigenvalue weighted by atomic mass is 9.99. The summed E-state index contributed by atoms with van der Waals surface area (Å²) in [5.74, 6) is -0.0963. The van der Waals surface area contributed by atoms with E-state index in [9.17, 15) is 4.79 Å². The number of hydrogen-bond donors (Lipinski definition) is 0. The topological polar surface area (TPSA) is 54.0 Å². The van der Waals surface area contributed by atoms with Crippen molar-refractivity contribution < 1.29 is 22.8 Å². The lowest BCUT2D eigenvalue weighted by Gasteiger charge is -2.36. The molecular formula is C28H62O5Si3. The Labute approximate surface area is 228 Å². The smallest absolute Gasteiger partial charge is 0.305 e. The van der Waals surface area contributed by atoms with E-state index in [1.165, 1.54) is 64.9 Å². The highest BCUT2D eigenvalue weighted by atomic mass is 28.4. The SMILES string of the molecule is COC(=O)CCCCCCC[C@@H](O[Si](C)(C)C)[C@@H](CCCCCCCCO[Si](C)(C)C)O[Si](C)(C)C. The quantitative estimate of drug-likeness (QED) is 0.0707. The Morgan fingerprint density at radius 3 is 1.33 bits per heavy atom. The number of unbranched alkanes of at least 4 members (excludes halogenated alkanes) is 9. The van der Waals surface area contributed by atoms with Crippen LogP contribution in [0.15, 0.2) is 0 Å². The Balaban J connectivity index is 4.58. The van der Waals surface area contributed by atoms with Gasteiger partial charge in [-0.15, -0.1) is 0 Å². The third-order valence-corrected chi connectivity index (χ3v) is 9.03. The Hall–Kier alpha value is 0.000649. The van der Waals surface area contributed by atoms with E-state index in [-0.39, 0.29) is 18.2 Å². The highest BCUT2D eigenvalue weighted by molar-refractivity contribution is 6.70. The summed E-state index contributed by atoms with van der Waals surface area (Å²) in [6.45, 7) is 21.5. The monoisotopic (exact) mass is 562 g/mol. The van der Waals surface area contributed by atoms with Gasteiger partial charge in [-0.25, -0.2) is 0 Å². The van der Waals surface area contributed by atoms with Gasteiger partial charge in [0.05, 0.1) is 19.3 Å². The van der Waals surface area contributed by atoms with Gasteiger partial charge in [-0.2, -0.15) is 0 Å². The minimum absolute atomic E-state index is 0.0963. The molecular weight excluding hydrogens is 501 g/mol. The maximum Gasteiger partial charge on any atom is 0.305 e. The number of methoxy groups -OCH3 is 1.